The first-order valence-electron chi connectivity index (χ1n) is 14.0. The first-order valence-corrected chi connectivity index (χ1v) is 14.0. The zero-order chi connectivity index (χ0) is 23.4. The van der Waals surface area contributed by atoms with Gasteiger partial charge in [-0.15, -0.1) is 0 Å². The molecule has 1 aromatic carbocycles. The molecule has 0 aromatic heterocycles. The van der Waals surface area contributed by atoms with Crippen molar-refractivity contribution in [1.82, 2.24) is 10.4 Å². The Labute approximate surface area is 203 Å². The highest BCUT2D eigenvalue weighted by molar-refractivity contribution is 5.66. The smallest absolute Gasteiger partial charge is 0.421 e. The van der Waals surface area contributed by atoms with E-state index in [-0.39, 0.29) is 6.09 Å². The van der Waals surface area contributed by atoms with Gasteiger partial charge >= 0.3 is 6.09 Å². The average molecular weight is 459 g/mol. The SMILES string of the molecule is CCCCCCCCCCCCCCCCOC(=O)NN1CCC(Cc2ccccc2)CC1. The lowest BCUT2D eigenvalue weighted by molar-refractivity contribution is 0.0837. The molecular weight excluding hydrogens is 408 g/mol. The van der Waals surface area contributed by atoms with Gasteiger partial charge < -0.3 is 4.74 Å². The largest absolute Gasteiger partial charge is 0.449 e. The highest BCUT2D eigenvalue weighted by Gasteiger charge is 2.21. The van der Waals surface area contributed by atoms with Crippen molar-refractivity contribution in [3.63, 3.8) is 0 Å². The predicted octanol–water partition coefficient (Wildman–Crippen LogP) is 8.06. The van der Waals surface area contributed by atoms with Crippen LogP contribution in [0.25, 0.3) is 0 Å². The molecule has 1 fully saturated rings. The number of carbonyl (C=O) groups excluding carboxylic acids is 1. The molecule has 1 heterocycles. The second-order valence-electron chi connectivity index (χ2n) is 9.96. The number of carbonyl (C=O) groups is 1. The van der Waals surface area contributed by atoms with Crippen LogP contribution in [0.4, 0.5) is 4.79 Å². The third-order valence-electron chi connectivity index (χ3n) is 6.96. The molecule has 4 heteroatoms. The molecule has 0 atom stereocenters. The Morgan fingerprint density at radius 2 is 1.33 bits per heavy atom. The molecule has 2 rings (SSSR count). The van der Waals surface area contributed by atoms with Crippen molar-refractivity contribution in [2.24, 2.45) is 5.92 Å². The van der Waals surface area contributed by atoms with Gasteiger partial charge in [0, 0.05) is 13.1 Å². The zero-order valence-corrected chi connectivity index (χ0v) is 21.4. The number of hydrogen-bond acceptors (Lipinski definition) is 3. The molecule has 1 aliphatic heterocycles. The van der Waals surface area contributed by atoms with Gasteiger partial charge in [0.15, 0.2) is 0 Å². The molecule has 0 bridgehead atoms. The first kappa shape index (κ1) is 27.7. The van der Waals surface area contributed by atoms with E-state index in [2.05, 4.69) is 42.7 Å². The molecule has 0 spiro atoms. The van der Waals surface area contributed by atoms with Gasteiger partial charge in [0.05, 0.1) is 6.61 Å². The minimum Gasteiger partial charge on any atom is -0.449 e. The van der Waals surface area contributed by atoms with Gasteiger partial charge in [-0.25, -0.2) is 9.80 Å². The van der Waals surface area contributed by atoms with E-state index in [1.165, 1.54) is 82.6 Å². The van der Waals surface area contributed by atoms with E-state index in [4.69, 9.17) is 4.74 Å². The highest BCUT2D eigenvalue weighted by atomic mass is 16.6. The van der Waals surface area contributed by atoms with Crippen molar-refractivity contribution in [3.8, 4) is 0 Å². The van der Waals surface area contributed by atoms with Crippen molar-refractivity contribution < 1.29 is 9.53 Å². The number of nitrogens with zero attached hydrogens (tertiary/aromatic N) is 1. The van der Waals surface area contributed by atoms with Crippen LogP contribution in [0.1, 0.15) is 115 Å². The number of unbranched alkanes of at least 4 members (excludes halogenated alkanes) is 13. The Bertz CT molecular complexity index is 585. The molecule has 33 heavy (non-hydrogen) atoms. The van der Waals surface area contributed by atoms with Crippen LogP contribution < -0.4 is 5.43 Å². The number of benzene rings is 1. The van der Waals surface area contributed by atoms with Gasteiger partial charge in [-0.1, -0.05) is 121 Å². The summed E-state index contributed by atoms with van der Waals surface area (Å²) in [5.41, 5.74) is 4.34. The van der Waals surface area contributed by atoms with E-state index in [9.17, 15) is 4.79 Å². The summed E-state index contributed by atoms with van der Waals surface area (Å²) in [6, 6.07) is 10.7. The van der Waals surface area contributed by atoms with Crippen LogP contribution >= 0.6 is 0 Å². The van der Waals surface area contributed by atoms with Crippen LogP contribution in [0.2, 0.25) is 0 Å². The average Bonchev–Trinajstić information content (AvgIpc) is 2.83. The molecule has 0 unspecified atom stereocenters. The maximum absolute atomic E-state index is 12.0. The molecule has 0 saturated carbocycles. The van der Waals surface area contributed by atoms with Crippen LogP contribution in [0.5, 0.6) is 0 Å². The van der Waals surface area contributed by atoms with Crippen molar-refractivity contribution in [2.75, 3.05) is 19.7 Å². The number of amides is 1. The summed E-state index contributed by atoms with van der Waals surface area (Å²) in [5.74, 6) is 0.706. The third-order valence-corrected chi connectivity index (χ3v) is 6.96. The van der Waals surface area contributed by atoms with E-state index in [1.807, 2.05) is 5.01 Å². The lowest BCUT2D eigenvalue weighted by atomic mass is 9.91. The number of nitrogens with one attached hydrogen (secondary N) is 1. The quantitative estimate of drug-likeness (QED) is 0.226. The summed E-state index contributed by atoms with van der Waals surface area (Å²) in [4.78, 5) is 12.0. The molecular formula is C29H50N2O2. The number of hydrazine groups is 1. The number of piperidine rings is 1. The first-order chi connectivity index (χ1) is 16.3. The van der Waals surface area contributed by atoms with Crippen molar-refractivity contribution >= 4 is 6.09 Å². The fourth-order valence-corrected chi connectivity index (χ4v) is 4.82. The van der Waals surface area contributed by atoms with Crippen LogP contribution in [-0.2, 0) is 11.2 Å². The second kappa shape index (κ2) is 18.8. The lowest BCUT2D eigenvalue weighted by Gasteiger charge is -2.31. The summed E-state index contributed by atoms with van der Waals surface area (Å²) >= 11 is 0. The summed E-state index contributed by atoms with van der Waals surface area (Å²) in [7, 11) is 0. The van der Waals surface area contributed by atoms with E-state index < -0.39 is 0 Å². The van der Waals surface area contributed by atoms with E-state index in [1.54, 1.807) is 0 Å². The normalized spacial score (nSPS) is 14.9. The number of ether oxygens (including phenoxy) is 1. The fraction of sp³-hybridized carbons (Fsp3) is 0.759. The molecule has 1 aromatic rings. The summed E-state index contributed by atoms with van der Waals surface area (Å²) in [6.45, 7) is 4.63. The van der Waals surface area contributed by atoms with Crippen LogP contribution in [0.15, 0.2) is 30.3 Å². The third kappa shape index (κ3) is 14.3. The molecule has 1 amide bonds. The minimum absolute atomic E-state index is 0.286. The molecule has 1 saturated heterocycles. The van der Waals surface area contributed by atoms with E-state index >= 15 is 0 Å². The van der Waals surface area contributed by atoms with E-state index in [0.29, 0.717) is 12.5 Å². The number of rotatable bonds is 18. The van der Waals surface area contributed by atoms with Gasteiger partial charge in [0.2, 0.25) is 0 Å². The van der Waals surface area contributed by atoms with Crippen molar-refractivity contribution in [1.29, 1.82) is 0 Å². The Morgan fingerprint density at radius 1 is 0.818 bits per heavy atom. The lowest BCUT2D eigenvalue weighted by Crippen LogP contribution is -2.47. The summed E-state index contributed by atoms with van der Waals surface area (Å²) in [6.07, 6.45) is 21.8. The monoisotopic (exact) mass is 458 g/mol. The van der Waals surface area contributed by atoms with Crippen molar-refractivity contribution in [3.05, 3.63) is 35.9 Å². The molecule has 1 aliphatic rings. The molecule has 4 nitrogen and oxygen atoms in total. The Morgan fingerprint density at radius 3 is 1.88 bits per heavy atom. The predicted molar refractivity (Wildman–Crippen MR) is 139 cm³/mol. The van der Waals surface area contributed by atoms with E-state index in [0.717, 1.165) is 45.2 Å². The van der Waals surface area contributed by atoms with Crippen LogP contribution in [0, 0.1) is 5.92 Å². The molecule has 1 N–H and O–H groups in total. The maximum Gasteiger partial charge on any atom is 0.421 e. The highest BCUT2D eigenvalue weighted by Crippen LogP contribution is 2.20. The van der Waals surface area contributed by atoms with Crippen molar-refractivity contribution in [2.45, 2.75) is 116 Å². The van der Waals surface area contributed by atoms with Gasteiger partial charge in [-0.2, -0.15) is 0 Å². The van der Waals surface area contributed by atoms with Gasteiger partial charge in [-0.3, -0.25) is 5.43 Å². The van der Waals surface area contributed by atoms with Gasteiger partial charge in [0.1, 0.15) is 0 Å². The maximum atomic E-state index is 12.0. The van der Waals surface area contributed by atoms with Crippen LogP contribution in [-0.4, -0.2) is 30.8 Å². The Balaban J connectivity index is 1.34. The summed E-state index contributed by atoms with van der Waals surface area (Å²) < 4.78 is 5.38. The molecule has 0 radical (unpaired) electrons. The van der Waals surface area contributed by atoms with Gasteiger partial charge in [-0.05, 0) is 37.2 Å². The molecule has 0 aliphatic carbocycles. The van der Waals surface area contributed by atoms with Gasteiger partial charge in [0.25, 0.3) is 0 Å². The molecule has 188 valence electrons. The standard InChI is InChI=1S/C29H50N2O2/c1-2-3-4-5-6-7-8-9-10-11-12-13-14-18-25-33-29(32)30-31-23-21-28(22-24-31)26-27-19-16-15-17-20-27/h15-17,19-20,28H,2-14,18,21-26H2,1H3,(H,30,32). The zero-order valence-electron chi connectivity index (χ0n) is 21.4. The topological polar surface area (TPSA) is 41.6 Å². The Hall–Kier alpha value is -1.55. The minimum atomic E-state index is -0.286. The Kier molecular flexibility index (Phi) is 15.8. The number of hydrogen-bond donors (Lipinski definition) is 1. The fourth-order valence-electron chi connectivity index (χ4n) is 4.82. The summed E-state index contributed by atoms with van der Waals surface area (Å²) in [5, 5.41) is 2.02. The second-order valence-corrected chi connectivity index (χ2v) is 9.96. The van der Waals surface area contributed by atoms with Crippen LogP contribution in [0.3, 0.4) is 0 Å².